The Balaban J connectivity index is 2.46. The van der Waals surface area contributed by atoms with Gasteiger partial charge in [-0.1, -0.05) is 56.5 Å². The highest BCUT2D eigenvalue weighted by Crippen LogP contribution is 2.53. The molecule has 6 heteroatoms. The molecular formula is C19H24NO4P. The average Bonchev–Trinajstić information content (AvgIpc) is 2.62. The second-order valence-electron chi connectivity index (χ2n) is 6.12. The van der Waals surface area contributed by atoms with Gasteiger partial charge < -0.3 is 10.00 Å². The summed E-state index contributed by atoms with van der Waals surface area (Å²) in [6.45, 7) is 2.04. The van der Waals surface area contributed by atoms with Crippen LogP contribution < -0.4 is 5.30 Å². The molecule has 0 aliphatic carbocycles. The Hall–Kier alpha value is -1.97. The van der Waals surface area contributed by atoms with Crippen LogP contribution in [0.25, 0.3) is 0 Å². The van der Waals surface area contributed by atoms with E-state index >= 15 is 0 Å². The van der Waals surface area contributed by atoms with E-state index in [4.69, 9.17) is 0 Å². The van der Waals surface area contributed by atoms with Crippen LogP contribution in [0, 0.1) is 0 Å². The third-order valence-electron chi connectivity index (χ3n) is 4.40. The van der Waals surface area contributed by atoms with Crippen molar-refractivity contribution in [3.8, 4) is 0 Å². The number of hydrogen-bond acceptors (Lipinski definition) is 3. The van der Waals surface area contributed by atoms with E-state index < -0.39 is 24.9 Å². The SMILES string of the molecule is CCCCCC(C(C(=O)O)c1ccccc1)P(=O)(O)c1ccncc1. The minimum absolute atomic E-state index is 0.256. The Labute approximate surface area is 148 Å². The van der Waals surface area contributed by atoms with E-state index in [1.807, 2.05) is 6.92 Å². The van der Waals surface area contributed by atoms with Gasteiger partial charge in [-0.3, -0.25) is 14.3 Å². The van der Waals surface area contributed by atoms with Gasteiger partial charge in [0.05, 0.1) is 11.6 Å². The van der Waals surface area contributed by atoms with Crippen LogP contribution in [0.5, 0.6) is 0 Å². The van der Waals surface area contributed by atoms with Crippen LogP contribution in [-0.4, -0.2) is 26.6 Å². The number of benzene rings is 1. The highest BCUT2D eigenvalue weighted by molar-refractivity contribution is 7.66. The van der Waals surface area contributed by atoms with Crippen LogP contribution >= 0.6 is 7.37 Å². The van der Waals surface area contributed by atoms with Gasteiger partial charge in [-0.25, -0.2) is 0 Å². The Morgan fingerprint density at radius 1 is 1.12 bits per heavy atom. The summed E-state index contributed by atoms with van der Waals surface area (Å²) in [4.78, 5) is 26.8. The normalized spacial score (nSPS) is 15.9. The Morgan fingerprint density at radius 3 is 2.32 bits per heavy atom. The van der Waals surface area contributed by atoms with Crippen LogP contribution in [0.4, 0.5) is 0 Å². The highest BCUT2D eigenvalue weighted by atomic mass is 31.2. The minimum Gasteiger partial charge on any atom is -0.481 e. The molecule has 1 heterocycles. The predicted octanol–water partition coefficient (Wildman–Crippen LogP) is 3.79. The maximum Gasteiger partial charge on any atom is 0.311 e. The van der Waals surface area contributed by atoms with Crippen LogP contribution in [0.3, 0.4) is 0 Å². The second-order valence-corrected chi connectivity index (χ2v) is 8.54. The molecule has 0 aliphatic heterocycles. The molecule has 3 unspecified atom stereocenters. The number of pyridine rings is 1. The fraction of sp³-hybridized carbons (Fsp3) is 0.368. The monoisotopic (exact) mass is 361 g/mol. The minimum atomic E-state index is -3.89. The third-order valence-corrected chi connectivity index (χ3v) is 6.89. The molecule has 0 saturated carbocycles. The van der Waals surface area contributed by atoms with E-state index in [9.17, 15) is 19.4 Å². The van der Waals surface area contributed by atoms with E-state index in [0.29, 0.717) is 18.4 Å². The Kier molecular flexibility index (Phi) is 6.91. The van der Waals surface area contributed by atoms with Gasteiger partial charge >= 0.3 is 5.97 Å². The number of nitrogens with zero attached hydrogens (tertiary/aromatic N) is 1. The molecule has 2 N–H and O–H groups in total. The number of unbranched alkanes of at least 4 members (excludes halogenated alkanes) is 2. The number of carbonyl (C=O) groups is 1. The van der Waals surface area contributed by atoms with Crippen molar-refractivity contribution in [1.82, 2.24) is 4.98 Å². The fourth-order valence-electron chi connectivity index (χ4n) is 3.09. The molecule has 0 radical (unpaired) electrons. The summed E-state index contributed by atoms with van der Waals surface area (Å²) in [5.74, 6) is -2.10. The number of aliphatic carboxylic acids is 1. The molecular weight excluding hydrogens is 337 g/mol. The number of carboxylic acid groups (broad SMARTS) is 1. The number of rotatable bonds is 9. The van der Waals surface area contributed by atoms with Gasteiger partial charge in [0.2, 0.25) is 7.37 Å². The lowest BCUT2D eigenvalue weighted by Crippen LogP contribution is -2.30. The summed E-state index contributed by atoms with van der Waals surface area (Å²) in [5.41, 5.74) is -0.318. The molecule has 0 spiro atoms. The summed E-state index contributed by atoms with van der Waals surface area (Å²) < 4.78 is 13.3. The van der Waals surface area contributed by atoms with Crippen molar-refractivity contribution in [3.63, 3.8) is 0 Å². The van der Waals surface area contributed by atoms with Gasteiger partial charge in [-0.2, -0.15) is 0 Å². The predicted molar refractivity (Wildman–Crippen MR) is 98.4 cm³/mol. The number of hydrogen-bond donors (Lipinski definition) is 2. The standard InChI is InChI=1S/C19H24NO4P/c1-2-3-5-10-17(25(23,24)16-11-13-20-14-12-16)18(19(21)22)15-8-6-4-7-9-15/h4,6-9,11-14,17-18H,2-3,5,10H2,1H3,(H,21,22)(H,23,24). The zero-order valence-corrected chi connectivity index (χ0v) is 15.2. The lowest BCUT2D eigenvalue weighted by molar-refractivity contribution is -0.138. The molecule has 25 heavy (non-hydrogen) atoms. The molecule has 134 valence electrons. The molecule has 0 saturated heterocycles. The van der Waals surface area contributed by atoms with Gasteiger partial charge in [0.25, 0.3) is 0 Å². The fourth-order valence-corrected chi connectivity index (χ4v) is 5.27. The van der Waals surface area contributed by atoms with Crippen LogP contribution in [0.2, 0.25) is 0 Å². The van der Waals surface area contributed by atoms with Gasteiger partial charge in [0.15, 0.2) is 0 Å². The van der Waals surface area contributed by atoms with Crippen molar-refractivity contribution in [3.05, 3.63) is 60.4 Å². The van der Waals surface area contributed by atoms with Crippen molar-refractivity contribution in [2.75, 3.05) is 0 Å². The van der Waals surface area contributed by atoms with Crippen molar-refractivity contribution in [2.45, 2.75) is 44.2 Å². The van der Waals surface area contributed by atoms with Crippen molar-refractivity contribution < 1.29 is 19.4 Å². The molecule has 0 amide bonds. The molecule has 2 aromatic rings. The Morgan fingerprint density at radius 2 is 1.76 bits per heavy atom. The summed E-state index contributed by atoms with van der Waals surface area (Å²) in [6, 6.07) is 11.7. The first-order chi connectivity index (χ1) is 12.0. The summed E-state index contributed by atoms with van der Waals surface area (Å²) in [6.07, 6.45) is 5.87. The smallest absolute Gasteiger partial charge is 0.311 e. The molecule has 2 rings (SSSR count). The van der Waals surface area contributed by atoms with Gasteiger partial charge in [-0.05, 0) is 24.1 Å². The van der Waals surface area contributed by atoms with E-state index in [0.717, 1.165) is 12.8 Å². The van der Waals surface area contributed by atoms with E-state index in [1.54, 1.807) is 30.3 Å². The van der Waals surface area contributed by atoms with E-state index in [-0.39, 0.29) is 5.30 Å². The lowest BCUT2D eigenvalue weighted by atomic mass is 9.92. The number of aromatic nitrogens is 1. The largest absolute Gasteiger partial charge is 0.481 e. The quantitative estimate of drug-likeness (QED) is 0.524. The molecule has 1 aromatic heterocycles. The first-order valence-corrected chi connectivity index (χ1v) is 10.2. The molecule has 1 aromatic carbocycles. The topological polar surface area (TPSA) is 87.5 Å². The zero-order valence-electron chi connectivity index (χ0n) is 14.3. The van der Waals surface area contributed by atoms with Crippen molar-refractivity contribution in [1.29, 1.82) is 0 Å². The summed E-state index contributed by atoms with van der Waals surface area (Å²) in [7, 11) is -3.89. The van der Waals surface area contributed by atoms with E-state index in [2.05, 4.69) is 4.98 Å². The van der Waals surface area contributed by atoms with E-state index in [1.165, 1.54) is 24.5 Å². The van der Waals surface area contributed by atoms with Crippen LogP contribution in [0.15, 0.2) is 54.9 Å². The molecule has 0 fully saturated rings. The Bertz CT molecular complexity index is 721. The second kappa shape index (κ2) is 8.93. The average molecular weight is 361 g/mol. The summed E-state index contributed by atoms with van der Waals surface area (Å²) >= 11 is 0. The van der Waals surface area contributed by atoms with Crippen molar-refractivity contribution in [2.24, 2.45) is 0 Å². The maximum atomic E-state index is 13.3. The molecule has 5 nitrogen and oxygen atoms in total. The highest BCUT2D eigenvalue weighted by Gasteiger charge is 2.42. The molecule has 3 atom stereocenters. The van der Waals surface area contributed by atoms with Gasteiger partial charge in [0.1, 0.15) is 0 Å². The third kappa shape index (κ3) is 4.77. The van der Waals surface area contributed by atoms with Gasteiger partial charge in [-0.15, -0.1) is 0 Å². The lowest BCUT2D eigenvalue weighted by Gasteiger charge is -2.29. The molecule has 0 aliphatic rings. The van der Waals surface area contributed by atoms with Crippen LogP contribution in [-0.2, 0) is 9.36 Å². The van der Waals surface area contributed by atoms with Crippen molar-refractivity contribution >= 4 is 18.6 Å². The number of carboxylic acids is 1. The summed E-state index contributed by atoms with van der Waals surface area (Å²) in [5, 5.41) is 10.1. The van der Waals surface area contributed by atoms with Crippen LogP contribution in [0.1, 0.15) is 44.1 Å². The first-order valence-electron chi connectivity index (χ1n) is 8.49. The molecule has 0 bridgehead atoms. The van der Waals surface area contributed by atoms with Gasteiger partial charge in [0, 0.05) is 17.7 Å². The first kappa shape index (κ1) is 19.4. The maximum absolute atomic E-state index is 13.3. The zero-order chi connectivity index (χ0) is 18.3.